The van der Waals surface area contributed by atoms with Crippen LogP contribution < -0.4 is 0 Å². The highest BCUT2D eigenvalue weighted by atomic mass is 35.5. The van der Waals surface area contributed by atoms with E-state index in [2.05, 4.69) is 10.2 Å². The Morgan fingerprint density at radius 2 is 1.81 bits per heavy atom. The molecule has 0 bridgehead atoms. The number of nitrogens with zero attached hydrogens (tertiary/aromatic N) is 3. The van der Waals surface area contributed by atoms with Gasteiger partial charge < -0.3 is 5.11 Å². The molecular formula is C23H15Cl2N3O2S2. The molecular weight excluding hydrogens is 485 g/mol. The lowest BCUT2D eigenvalue weighted by molar-refractivity contribution is -0.122. The number of benzene rings is 3. The van der Waals surface area contributed by atoms with Gasteiger partial charge >= 0.3 is 0 Å². The number of thiocarbonyl (C=S) groups is 1. The number of halogens is 2. The number of hydrogen-bond donors (Lipinski definition) is 1. The monoisotopic (exact) mass is 499 g/mol. The van der Waals surface area contributed by atoms with Crippen LogP contribution in [0.25, 0.3) is 6.08 Å². The van der Waals surface area contributed by atoms with E-state index in [0.29, 0.717) is 42.8 Å². The average molecular weight is 500 g/mol. The van der Waals surface area contributed by atoms with Gasteiger partial charge in [0.2, 0.25) is 0 Å². The minimum absolute atomic E-state index is 0.0156. The summed E-state index contributed by atoms with van der Waals surface area (Å²) in [5, 5.41) is 19.5. The Kier molecular flexibility index (Phi) is 6.91. The Morgan fingerprint density at radius 1 is 1.03 bits per heavy atom. The highest BCUT2D eigenvalue weighted by molar-refractivity contribution is 8.26. The third kappa shape index (κ3) is 5.19. The van der Waals surface area contributed by atoms with Crippen molar-refractivity contribution >= 4 is 74.9 Å². The van der Waals surface area contributed by atoms with Crippen molar-refractivity contribution in [3.63, 3.8) is 0 Å². The maximum absolute atomic E-state index is 12.9. The van der Waals surface area contributed by atoms with Crippen LogP contribution in [0.1, 0.15) is 11.1 Å². The highest BCUT2D eigenvalue weighted by Crippen LogP contribution is 2.36. The summed E-state index contributed by atoms with van der Waals surface area (Å²) in [6, 6.07) is 19.3. The van der Waals surface area contributed by atoms with Crippen LogP contribution in [0.3, 0.4) is 0 Å². The summed E-state index contributed by atoms with van der Waals surface area (Å²) in [6.45, 7) is 0.394. The van der Waals surface area contributed by atoms with E-state index in [4.69, 9.17) is 35.4 Å². The molecule has 1 amide bonds. The molecule has 0 radical (unpaired) electrons. The number of aromatic hydroxyl groups is 1. The van der Waals surface area contributed by atoms with E-state index in [1.54, 1.807) is 41.3 Å². The molecule has 1 aliphatic rings. The Labute approximate surface area is 204 Å². The van der Waals surface area contributed by atoms with Gasteiger partial charge in [0, 0.05) is 10.6 Å². The van der Waals surface area contributed by atoms with Gasteiger partial charge in [-0.05, 0) is 48.0 Å². The summed E-state index contributed by atoms with van der Waals surface area (Å²) >= 11 is 18.6. The van der Waals surface area contributed by atoms with Crippen molar-refractivity contribution in [2.24, 2.45) is 10.2 Å². The second kappa shape index (κ2) is 9.83. The molecule has 5 nitrogen and oxygen atoms in total. The first-order chi connectivity index (χ1) is 15.4. The summed E-state index contributed by atoms with van der Waals surface area (Å²) in [5.41, 5.74) is 2.37. The summed E-state index contributed by atoms with van der Waals surface area (Å²) in [7, 11) is 0. The van der Waals surface area contributed by atoms with E-state index < -0.39 is 0 Å². The number of phenols is 1. The second-order valence-electron chi connectivity index (χ2n) is 6.79. The van der Waals surface area contributed by atoms with Gasteiger partial charge in [0.15, 0.2) is 0 Å². The molecule has 0 aromatic heterocycles. The molecule has 9 heteroatoms. The van der Waals surface area contributed by atoms with E-state index >= 15 is 0 Å². The summed E-state index contributed by atoms with van der Waals surface area (Å²) in [5.74, 6) is -0.190. The van der Waals surface area contributed by atoms with Crippen LogP contribution in [0.5, 0.6) is 5.75 Å². The van der Waals surface area contributed by atoms with Crippen LogP contribution in [0, 0.1) is 0 Å². The van der Waals surface area contributed by atoms with E-state index in [-0.39, 0.29) is 11.7 Å². The summed E-state index contributed by atoms with van der Waals surface area (Å²) in [6.07, 6.45) is 1.61. The largest absolute Gasteiger partial charge is 0.507 e. The molecule has 1 aliphatic heterocycles. The smallest absolute Gasteiger partial charge is 0.266 e. The van der Waals surface area contributed by atoms with Crippen molar-refractivity contribution in [2.75, 3.05) is 0 Å². The van der Waals surface area contributed by atoms with Gasteiger partial charge in [0.05, 0.1) is 22.2 Å². The lowest BCUT2D eigenvalue weighted by Crippen LogP contribution is -2.27. The molecule has 1 saturated heterocycles. The number of amides is 1. The third-order valence-corrected chi connectivity index (χ3v) is 6.45. The number of azo groups is 1. The van der Waals surface area contributed by atoms with E-state index in [9.17, 15) is 9.90 Å². The molecule has 3 aromatic carbocycles. The van der Waals surface area contributed by atoms with Gasteiger partial charge in [-0.2, -0.15) is 5.11 Å². The maximum atomic E-state index is 12.9. The number of thioether (sulfide) groups is 1. The second-order valence-corrected chi connectivity index (χ2v) is 9.31. The Morgan fingerprint density at radius 3 is 2.56 bits per heavy atom. The van der Waals surface area contributed by atoms with Crippen LogP contribution in [-0.4, -0.2) is 20.2 Å². The molecule has 32 heavy (non-hydrogen) atoms. The minimum Gasteiger partial charge on any atom is -0.507 e. The molecule has 0 atom stereocenters. The van der Waals surface area contributed by atoms with Crippen molar-refractivity contribution in [1.82, 2.24) is 4.90 Å². The molecule has 0 spiro atoms. The zero-order valence-corrected chi connectivity index (χ0v) is 19.5. The number of phenolic OH excluding ortho intramolecular Hbond substituents is 1. The molecule has 1 N–H and O–H groups in total. The van der Waals surface area contributed by atoms with Crippen LogP contribution in [0.15, 0.2) is 81.9 Å². The van der Waals surface area contributed by atoms with Gasteiger partial charge in [0.25, 0.3) is 5.91 Å². The standard InChI is InChI=1S/C23H15Cl2N3O2S2/c24-16-6-8-19(18(25)12-16)27-26-17-7-9-20(29)15(10-17)11-21-22(30)28(23(31)32-21)13-14-4-2-1-3-5-14/h1-12,29H,13H2/b21-11+,27-26?. The van der Waals surface area contributed by atoms with Gasteiger partial charge in [-0.25, -0.2) is 0 Å². The molecule has 160 valence electrons. The van der Waals surface area contributed by atoms with Crippen molar-refractivity contribution in [3.8, 4) is 5.75 Å². The van der Waals surface area contributed by atoms with Gasteiger partial charge in [-0.15, -0.1) is 5.11 Å². The number of carbonyl (C=O) groups is 1. The first kappa shape index (κ1) is 22.5. The minimum atomic E-state index is -0.205. The summed E-state index contributed by atoms with van der Waals surface area (Å²) < 4.78 is 0.470. The van der Waals surface area contributed by atoms with Crippen LogP contribution in [-0.2, 0) is 11.3 Å². The first-order valence-electron chi connectivity index (χ1n) is 9.40. The van der Waals surface area contributed by atoms with Crippen molar-refractivity contribution in [1.29, 1.82) is 0 Å². The lowest BCUT2D eigenvalue weighted by atomic mass is 10.1. The Hall–Kier alpha value is -2.71. The van der Waals surface area contributed by atoms with Gasteiger partial charge in [-0.3, -0.25) is 9.69 Å². The van der Waals surface area contributed by atoms with E-state index in [1.807, 2.05) is 30.3 Å². The molecule has 3 aromatic rings. The van der Waals surface area contributed by atoms with E-state index in [0.717, 1.165) is 5.56 Å². The molecule has 1 heterocycles. The van der Waals surface area contributed by atoms with Crippen molar-refractivity contribution in [2.45, 2.75) is 6.54 Å². The molecule has 0 unspecified atom stereocenters. The lowest BCUT2D eigenvalue weighted by Gasteiger charge is -2.14. The summed E-state index contributed by atoms with van der Waals surface area (Å²) in [4.78, 5) is 14.9. The Bertz CT molecular complexity index is 1260. The fourth-order valence-corrected chi connectivity index (χ4v) is 4.63. The van der Waals surface area contributed by atoms with Gasteiger partial charge in [0.1, 0.15) is 15.8 Å². The normalized spacial score (nSPS) is 15.3. The maximum Gasteiger partial charge on any atom is 0.266 e. The van der Waals surface area contributed by atoms with Crippen LogP contribution in [0.4, 0.5) is 11.4 Å². The zero-order chi connectivity index (χ0) is 22.7. The molecule has 1 fully saturated rings. The number of rotatable bonds is 5. The topological polar surface area (TPSA) is 65.3 Å². The third-order valence-electron chi connectivity index (χ3n) is 4.54. The highest BCUT2D eigenvalue weighted by Gasteiger charge is 2.32. The predicted octanol–water partition coefficient (Wildman–Crippen LogP) is 7.52. The number of carbonyl (C=O) groups excluding carboxylic acids is 1. The quantitative estimate of drug-likeness (QED) is 0.224. The zero-order valence-electron chi connectivity index (χ0n) is 16.4. The SMILES string of the molecule is O=C1/C(=C\c2cc(N=Nc3ccc(Cl)cc3Cl)ccc2O)SC(=S)N1Cc1ccccc1. The van der Waals surface area contributed by atoms with E-state index in [1.165, 1.54) is 17.8 Å². The first-order valence-corrected chi connectivity index (χ1v) is 11.4. The predicted molar refractivity (Wildman–Crippen MR) is 134 cm³/mol. The van der Waals surface area contributed by atoms with Crippen LogP contribution in [0.2, 0.25) is 10.0 Å². The van der Waals surface area contributed by atoms with Crippen molar-refractivity contribution < 1.29 is 9.90 Å². The Balaban J connectivity index is 1.56. The van der Waals surface area contributed by atoms with Gasteiger partial charge in [-0.1, -0.05) is 77.5 Å². The number of hydrogen-bond acceptors (Lipinski definition) is 6. The molecule has 0 saturated carbocycles. The van der Waals surface area contributed by atoms with Crippen molar-refractivity contribution in [3.05, 3.63) is 92.8 Å². The molecule has 4 rings (SSSR count). The fraction of sp³-hybridized carbons (Fsp3) is 0.0435. The average Bonchev–Trinajstić information content (AvgIpc) is 3.03. The molecule has 0 aliphatic carbocycles. The fourth-order valence-electron chi connectivity index (χ4n) is 2.94. The van der Waals surface area contributed by atoms with Crippen LogP contribution >= 0.6 is 47.2 Å².